The highest BCUT2D eigenvalue weighted by Gasteiger charge is 2.60. The number of para-hydroxylation sites is 1. The molecule has 2 aromatic rings. The molecule has 4 aliphatic carbocycles. The van der Waals surface area contributed by atoms with E-state index in [-0.39, 0.29) is 0 Å². The predicted octanol–water partition coefficient (Wildman–Crippen LogP) is 9.22. The predicted molar refractivity (Wildman–Crippen MR) is 156 cm³/mol. The van der Waals surface area contributed by atoms with Crippen LogP contribution in [0.25, 0.3) is 10.9 Å². The number of ether oxygens (including phenoxy) is 1. The summed E-state index contributed by atoms with van der Waals surface area (Å²) < 4.78 is 8.32. The summed E-state index contributed by atoms with van der Waals surface area (Å²) in [6.45, 7) is 12.8. The maximum absolute atomic E-state index is 5.82. The molecule has 0 bridgehead atoms. The molecule has 204 valence electrons. The van der Waals surface area contributed by atoms with Crippen molar-refractivity contribution in [3.8, 4) is 5.75 Å². The van der Waals surface area contributed by atoms with Gasteiger partial charge in [-0.1, -0.05) is 66.0 Å². The molecular formula is C35H53NO. The van der Waals surface area contributed by atoms with Gasteiger partial charge in [-0.3, -0.25) is 0 Å². The van der Waals surface area contributed by atoms with E-state index in [1.54, 1.807) is 11.3 Å². The standard InChI is InChI=1S/C35H53NO/c1-22(2)10-8-11-23(3)28-16-17-29-26-15-14-24-20-27-25-12-9-13-32(37-7)33(25)36(6)31(27)21-35(24,5)30(26)18-19-34(28,29)4/h9,12-13,22-24,26,28-30H,8,10-11,14-21H2,1-7H3. The summed E-state index contributed by atoms with van der Waals surface area (Å²) in [6, 6.07) is 6.67. The summed E-state index contributed by atoms with van der Waals surface area (Å²) in [4.78, 5) is 0. The number of methoxy groups -OCH3 is 1. The third-order valence-corrected chi connectivity index (χ3v) is 12.9. The summed E-state index contributed by atoms with van der Waals surface area (Å²) in [5.41, 5.74) is 5.60. The average molecular weight is 504 g/mol. The van der Waals surface area contributed by atoms with Gasteiger partial charge >= 0.3 is 0 Å². The van der Waals surface area contributed by atoms with Crippen LogP contribution in [0.4, 0.5) is 0 Å². The summed E-state index contributed by atoms with van der Waals surface area (Å²) >= 11 is 0. The van der Waals surface area contributed by atoms with Gasteiger partial charge in [-0.05, 0) is 115 Å². The third kappa shape index (κ3) is 3.85. The average Bonchev–Trinajstić information content (AvgIpc) is 3.36. The molecule has 0 radical (unpaired) electrons. The molecule has 8 unspecified atom stereocenters. The van der Waals surface area contributed by atoms with E-state index in [0.717, 1.165) is 47.2 Å². The third-order valence-electron chi connectivity index (χ3n) is 12.9. The van der Waals surface area contributed by atoms with Crippen LogP contribution < -0.4 is 4.74 Å². The Hall–Kier alpha value is -1.44. The normalized spacial score (nSPS) is 37.7. The Morgan fingerprint density at radius 3 is 2.51 bits per heavy atom. The highest BCUT2D eigenvalue weighted by molar-refractivity contribution is 5.90. The van der Waals surface area contributed by atoms with Crippen molar-refractivity contribution in [3.05, 3.63) is 29.5 Å². The molecule has 1 heterocycles. The van der Waals surface area contributed by atoms with Crippen LogP contribution in [0.5, 0.6) is 5.75 Å². The Morgan fingerprint density at radius 1 is 0.973 bits per heavy atom. The van der Waals surface area contributed by atoms with E-state index in [2.05, 4.69) is 64.4 Å². The van der Waals surface area contributed by atoms with Gasteiger partial charge in [0.25, 0.3) is 0 Å². The second-order valence-corrected chi connectivity index (χ2v) is 14.9. The molecule has 6 rings (SSSR count). The Balaban J connectivity index is 1.26. The lowest BCUT2D eigenvalue weighted by atomic mass is 9.44. The lowest BCUT2D eigenvalue weighted by molar-refractivity contribution is -0.104. The van der Waals surface area contributed by atoms with Crippen molar-refractivity contribution in [2.45, 2.75) is 105 Å². The van der Waals surface area contributed by atoms with E-state index in [1.807, 2.05) is 7.11 Å². The van der Waals surface area contributed by atoms with Crippen molar-refractivity contribution in [2.75, 3.05) is 7.11 Å². The lowest BCUT2D eigenvalue weighted by Gasteiger charge is -2.60. The molecular weight excluding hydrogens is 450 g/mol. The monoisotopic (exact) mass is 503 g/mol. The van der Waals surface area contributed by atoms with Gasteiger partial charge in [-0.15, -0.1) is 0 Å². The molecule has 0 aliphatic heterocycles. The fraction of sp³-hybridized carbons (Fsp3) is 0.771. The summed E-state index contributed by atoms with van der Waals surface area (Å²) in [6.07, 6.45) is 15.7. The number of hydrogen-bond donors (Lipinski definition) is 0. The molecule has 4 aliphatic rings. The van der Waals surface area contributed by atoms with Crippen LogP contribution in [0.2, 0.25) is 0 Å². The summed E-state index contributed by atoms with van der Waals surface area (Å²) in [5.74, 6) is 7.42. The van der Waals surface area contributed by atoms with Crippen molar-refractivity contribution in [1.82, 2.24) is 4.57 Å². The Bertz CT molecular complexity index is 1140. The Morgan fingerprint density at radius 2 is 1.76 bits per heavy atom. The topological polar surface area (TPSA) is 14.2 Å². The van der Waals surface area contributed by atoms with Gasteiger partial charge in [0, 0.05) is 18.1 Å². The summed E-state index contributed by atoms with van der Waals surface area (Å²) in [5, 5.41) is 1.45. The van der Waals surface area contributed by atoms with Crippen LogP contribution >= 0.6 is 0 Å². The van der Waals surface area contributed by atoms with Crippen LogP contribution in [0.1, 0.15) is 104 Å². The second-order valence-electron chi connectivity index (χ2n) is 14.9. The maximum atomic E-state index is 5.82. The van der Waals surface area contributed by atoms with Crippen LogP contribution in [0.15, 0.2) is 18.2 Å². The van der Waals surface area contributed by atoms with Crippen LogP contribution in [-0.2, 0) is 19.9 Å². The number of nitrogens with zero attached hydrogens (tertiary/aromatic N) is 1. The molecule has 0 spiro atoms. The van der Waals surface area contributed by atoms with Gasteiger partial charge in [0.2, 0.25) is 0 Å². The minimum absolute atomic E-state index is 0.452. The highest BCUT2D eigenvalue weighted by Crippen LogP contribution is 2.68. The molecule has 0 N–H and O–H groups in total. The molecule has 1 aromatic carbocycles. The van der Waals surface area contributed by atoms with Crippen molar-refractivity contribution < 1.29 is 4.74 Å². The van der Waals surface area contributed by atoms with Gasteiger partial charge in [0.05, 0.1) is 12.6 Å². The largest absolute Gasteiger partial charge is 0.495 e. The number of fused-ring (bicyclic) bond motifs is 8. The fourth-order valence-corrected chi connectivity index (χ4v) is 11.0. The molecule has 8 atom stereocenters. The van der Waals surface area contributed by atoms with E-state index in [0.29, 0.717) is 10.8 Å². The van der Waals surface area contributed by atoms with Gasteiger partial charge in [-0.2, -0.15) is 0 Å². The van der Waals surface area contributed by atoms with Gasteiger partial charge in [-0.25, -0.2) is 0 Å². The summed E-state index contributed by atoms with van der Waals surface area (Å²) in [7, 11) is 4.12. The van der Waals surface area contributed by atoms with Crippen LogP contribution in [-0.4, -0.2) is 11.7 Å². The second kappa shape index (κ2) is 9.34. The van der Waals surface area contributed by atoms with Crippen molar-refractivity contribution >= 4 is 10.9 Å². The van der Waals surface area contributed by atoms with E-state index >= 15 is 0 Å². The first-order valence-electron chi connectivity index (χ1n) is 15.8. The lowest BCUT2D eigenvalue weighted by Crippen LogP contribution is -2.54. The molecule has 37 heavy (non-hydrogen) atoms. The number of aryl methyl sites for hydroxylation is 1. The van der Waals surface area contributed by atoms with E-state index < -0.39 is 0 Å². The van der Waals surface area contributed by atoms with E-state index in [9.17, 15) is 0 Å². The van der Waals surface area contributed by atoms with Gasteiger partial charge < -0.3 is 9.30 Å². The molecule has 0 amide bonds. The molecule has 3 saturated carbocycles. The Labute approximate surface area is 226 Å². The van der Waals surface area contributed by atoms with E-state index in [1.165, 1.54) is 81.5 Å². The number of hydrogen-bond acceptors (Lipinski definition) is 1. The van der Waals surface area contributed by atoms with Crippen molar-refractivity contribution in [2.24, 2.45) is 59.3 Å². The first-order valence-corrected chi connectivity index (χ1v) is 15.8. The minimum Gasteiger partial charge on any atom is -0.495 e. The van der Waals surface area contributed by atoms with Crippen molar-refractivity contribution in [3.63, 3.8) is 0 Å². The highest BCUT2D eigenvalue weighted by atomic mass is 16.5. The van der Waals surface area contributed by atoms with Crippen molar-refractivity contribution in [1.29, 1.82) is 0 Å². The number of benzene rings is 1. The first-order chi connectivity index (χ1) is 17.7. The quantitative estimate of drug-likeness (QED) is 0.383. The van der Waals surface area contributed by atoms with Crippen LogP contribution in [0.3, 0.4) is 0 Å². The molecule has 2 nitrogen and oxygen atoms in total. The number of rotatable bonds is 6. The molecule has 0 saturated heterocycles. The zero-order valence-electron chi connectivity index (χ0n) is 24.9. The zero-order valence-corrected chi connectivity index (χ0v) is 24.9. The smallest absolute Gasteiger partial charge is 0.143 e. The minimum atomic E-state index is 0.452. The van der Waals surface area contributed by atoms with E-state index in [4.69, 9.17) is 4.74 Å². The van der Waals surface area contributed by atoms with Gasteiger partial charge in [0.15, 0.2) is 0 Å². The molecule has 1 aromatic heterocycles. The van der Waals surface area contributed by atoms with Crippen LogP contribution in [0, 0.1) is 52.3 Å². The number of aromatic nitrogens is 1. The molecule has 3 fully saturated rings. The molecule has 2 heteroatoms. The SMILES string of the molecule is COc1cccc2c3c(n(C)c12)CC1(C)C(CCC2C1CCC1(C)C(C(C)CCCC(C)C)CCC21)C3. The first kappa shape index (κ1) is 25.8. The maximum Gasteiger partial charge on any atom is 0.143 e. The van der Waals surface area contributed by atoms with Gasteiger partial charge in [0.1, 0.15) is 5.75 Å². The fourth-order valence-electron chi connectivity index (χ4n) is 11.0. The zero-order chi connectivity index (χ0) is 26.1. The Kier molecular flexibility index (Phi) is 6.52.